The molecule has 4 heterocycles. The molecule has 0 bridgehead atoms. The van der Waals surface area contributed by atoms with E-state index in [0.717, 1.165) is 23.8 Å². The molecular weight excluding hydrogens is 506 g/mol. The number of aliphatic carboxylic acids is 1. The van der Waals surface area contributed by atoms with Gasteiger partial charge in [0, 0.05) is 24.4 Å². The van der Waals surface area contributed by atoms with Gasteiger partial charge in [-0.1, -0.05) is 10.3 Å². The number of carboxylic acids is 1. The lowest BCUT2D eigenvalue weighted by molar-refractivity contribution is -0.688. The molecule has 2 amide bonds. The zero-order valence-corrected chi connectivity index (χ0v) is 21.1. The molecule has 1 fully saturated rings. The van der Waals surface area contributed by atoms with Gasteiger partial charge in [0.1, 0.15) is 18.5 Å². The number of hydrogen-bond acceptors (Lipinski definition) is 13. The number of nitrogens with two attached hydrogens (primary N) is 1. The summed E-state index contributed by atoms with van der Waals surface area (Å²) in [4.78, 5) is 53.9. The van der Waals surface area contributed by atoms with Crippen LogP contribution in [0, 0.1) is 0 Å². The molecule has 15 nitrogen and oxygen atoms in total. The van der Waals surface area contributed by atoms with Crippen LogP contribution in [0.4, 0.5) is 11.8 Å². The summed E-state index contributed by atoms with van der Waals surface area (Å²) in [6.07, 6.45) is 5.19. The number of rotatable bonds is 10. The number of oxime groups is 1. The number of nitrogens with one attached hydrogen (secondary N) is 1. The SMILES string of the molecule is CCN(CC)c1c[n+](CC2=C(C(=O)[O-])N3C(=O)C(NC(=O)C(=NOC)c4noc(N)n4)[C@@H]3SC2)ccn1. The van der Waals surface area contributed by atoms with Crippen molar-refractivity contribution in [3.63, 3.8) is 0 Å². The molecule has 4 rings (SSSR count). The monoisotopic (exact) mass is 531 g/mol. The number of anilines is 2. The van der Waals surface area contributed by atoms with E-state index in [-0.39, 0.29) is 29.8 Å². The first-order chi connectivity index (χ1) is 17.8. The van der Waals surface area contributed by atoms with E-state index in [4.69, 9.17) is 5.73 Å². The second kappa shape index (κ2) is 10.8. The third-order valence-corrected chi connectivity index (χ3v) is 7.13. The van der Waals surface area contributed by atoms with Crippen LogP contribution in [-0.2, 0) is 25.8 Å². The molecule has 0 radical (unpaired) electrons. The second-order valence-electron chi connectivity index (χ2n) is 7.94. The van der Waals surface area contributed by atoms with Crippen LogP contribution in [0.5, 0.6) is 0 Å². The molecule has 37 heavy (non-hydrogen) atoms. The molecule has 196 valence electrons. The predicted octanol–water partition coefficient (Wildman–Crippen LogP) is -2.36. The van der Waals surface area contributed by atoms with E-state index in [0.29, 0.717) is 11.3 Å². The Balaban J connectivity index is 1.53. The molecule has 1 unspecified atom stereocenters. The van der Waals surface area contributed by atoms with Gasteiger partial charge in [-0.05, 0) is 13.8 Å². The number of carbonyl (C=O) groups is 3. The molecule has 2 aliphatic rings. The Morgan fingerprint density at radius 1 is 1.43 bits per heavy atom. The highest BCUT2D eigenvalue weighted by Crippen LogP contribution is 2.40. The molecule has 2 aliphatic heterocycles. The van der Waals surface area contributed by atoms with E-state index >= 15 is 0 Å². The number of carboxylic acid groups (broad SMARTS) is 1. The van der Waals surface area contributed by atoms with Crippen LogP contribution in [0.2, 0.25) is 0 Å². The number of aromatic nitrogens is 4. The summed E-state index contributed by atoms with van der Waals surface area (Å²) in [5.74, 6) is -2.06. The zero-order chi connectivity index (χ0) is 26.7. The summed E-state index contributed by atoms with van der Waals surface area (Å²) in [6, 6.07) is -1.30. The smallest absolute Gasteiger partial charge is 0.319 e. The number of amides is 2. The average Bonchev–Trinajstić information content (AvgIpc) is 3.32. The van der Waals surface area contributed by atoms with Crippen LogP contribution < -0.4 is 25.6 Å². The number of carbonyl (C=O) groups excluding carboxylic acids is 3. The molecule has 0 spiro atoms. The first kappa shape index (κ1) is 25.9. The van der Waals surface area contributed by atoms with E-state index in [1.54, 1.807) is 12.4 Å². The normalized spacial score (nSPS) is 19.3. The van der Waals surface area contributed by atoms with E-state index < -0.39 is 29.2 Å². The second-order valence-corrected chi connectivity index (χ2v) is 9.04. The third kappa shape index (κ3) is 5.04. The Kier molecular flexibility index (Phi) is 7.56. The number of fused-ring (bicyclic) bond motifs is 1. The Hall–Kier alpha value is -4.21. The van der Waals surface area contributed by atoms with Crippen molar-refractivity contribution in [2.45, 2.75) is 31.8 Å². The van der Waals surface area contributed by atoms with Gasteiger partial charge >= 0.3 is 6.01 Å². The third-order valence-electron chi connectivity index (χ3n) is 5.79. The summed E-state index contributed by atoms with van der Waals surface area (Å²) in [5, 5.41) is 21.1. The van der Waals surface area contributed by atoms with E-state index in [1.807, 2.05) is 24.6 Å². The van der Waals surface area contributed by atoms with Crippen LogP contribution in [-0.4, -0.2) is 80.9 Å². The van der Waals surface area contributed by atoms with E-state index in [2.05, 4.69) is 39.9 Å². The van der Waals surface area contributed by atoms with Gasteiger partial charge in [0.2, 0.25) is 17.7 Å². The van der Waals surface area contributed by atoms with Crippen LogP contribution >= 0.6 is 11.8 Å². The first-order valence-electron chi connectivity index (χ1n) is 11.3. The van der Waals surface area contributed by atoms with Gasteiger partial charge in [-0.2, -0.15) is 9.55 Å². The van der Waals surface area contributed by atoms with Gasteiger partial charge in [-0.3, -0.25) is 14.5 Å². The van der Waals surface area contributed by atoms with Crippen molar-refractivity contribution in [1.29, 1.82) is 0 Å². The van der Waals surface area contributed by atoms with Crippen molar-refractivity contribution in [3.8, 4) is 0 Å². The molecule has 3 N–H and O–H groups in total. The van der Waals surface area contributed by atoms with Crippen LogP contribution in [0.3, 0.4) is 0 Å². The van der Waals surface area contributed by atoms with Crippen molar-refractivity contribution in [2.75, 3.05) is 36.6 Å². The van der Waals surface area contributed by atoms with Crippen molar-refractivity contribution in [2.24, 2.45) is 5.16 Å². The van der Waals surface area contributed by atoms with Gasteiger partial charge < -0.3 is 35.2 Å². The van der Waals surface area contributed by atoms with Crippen molar-refractivity contribution < 1.29 is 33.4 Å². The molecule has 16 heteroatoms. The number of nitrogens with zero attached hydrogens (tertiary/aromatic N) is 7. The molecular formula is C21H25N9O6S. The summed E-state index contributed by atoms with van der Waals surface area (Å²) in [6.45, 7) is 5.80. The first-order valence-corrected chi connectivity index (χ1v) is 12.3. The maximum Gasteiger partial charge on any atom is 0.319 e. The largest absolute Gasteiger partial charge is 0.543 e. The molecule has 1 saturated heterocycles. The molecule has 0 aliphatic carbocycles. The predicted molar refractivity (Wildman–Crippen MR) is 127 cm³/mol. The van der Waals surface area contributed by atoms with Crippen LogP contribution in [0.25, 0.3) is 0 Å². The van der Waals surface area contributed by atoms with Crippen molar-refractivity contribution in [3.05, 3.63) is 35.7 Å². The Bertz CT molecular complexity index is 1270. The highest BCUT2D eigenvalue weighted by molar-refractivity contribution is 8.00. The van der Waals surface area contributed by atoms with Crippen molar-refractivity contribution >= 4 is 47.1 Å². The Morgan fingerprint density at radius 3 is 2.81 bits per heavy atom. The Labute approximate surface area is 215 Å². The fraction of sp³-hybridized carbons (Fsp3) is 0.429. The minimum atomic E-state index is -1.47. The quantitative estimate of drug-likeness (QED) is 0.143. The lowest BCUT2D eigenvalue weighted by Crippen LogP contribution is -2.71. The van der Waals surface area contributed by atoms with Crippen LogP contribution in [0.15, 0.2) is 39.5 Å². The fourth-order valence-electron chi connectivity index (χ4n) is 4.06. The van der Waals surface area contributed by atoms with Gasteiger partial charge in [-0.15, -0.1) is 11.8 Å². The molecule has 2 atom stereocenters. The number of β-lactam (4-membered cyclic amide) rings is 1. The highest BCUT2D eigenvalue weighted by atomic mass is 32.2. The van der Waals surface area contributed by atoms with E-state index in [1.165, 1.54) is 18.9 Å². The maximum atomic E-state index is 13.0. The summed E-state index contributed by atoms with van der Waals surface area (Å²) >= 11 is 1.32. The fourth-order valence-corrected chi connectivity index (χ4v) is 5.39. The van der Waals surface area contributed by atoms with Gasteiger partial charge in [0.15, 0.2) is 18.6 Å². The maximum absolute atomic E-state index is 13.0. The standard InChI is InChI=1S/C21H25N9O6S/c1-4-29(5-2)12-9-28(7-6-23-12)8-11-10-37-19-14(18(32)30(19)15(11)20(33)34)24-17(31)13(26-35-3)16-25-21(22)36-27-16/h6-7,9,14,19H,4-5,8,10H2,1-3H3,(H3-,22,24,25,27,31,33,34)/t14?,19-/m0/s1. The summed E-state index contributed by atoms with van der Waals surface area (Å²) in [7, 11) is 1.22. The van der Waals surface area contributed by atoms with E-state index in [9.17, 15) is 19.5 Å². The summed E-state index contributed by atoms with van der Waals surface area (Å²) < 4.78 is 6.48. The number of thioether (sulfide) groups is 1. The Morgan fingerprint density at radius 2 is 2.19 bits per heavy atom. The lowest BCUT2D eigenvalue weighted by atomic mass is 10.0. The average molecular weight is 532 g/mol. The van der Waals surface area contributed by atoms with Gasteiger partial charge in [0.05, 0.1) is 17.9 Å². The lowest BCUT2D eigenvalue weighted by Gasteiger charge is -2.50. The summed E-state index contributed by atoms with van der Waals surface area (Å²) in [5.41, 5.74) is 5.35. The number of nitrogen functional groups attached to an aromatic ring is 1. The highest BCUT2D eigenvalue weighted by Gasteiger charge is 2.53. The van der Waals surface area contributed by atoms with Gasteiger partial charge in [0.25, 0.3) is 11.8 Å². The molecule has 2 aromatic rings. The molecule has 2 aromatic heterocycles. The van der Waals surface area contributed by atoms with Crippen molar-refractivity contribution in [1.82, 2.24) is 25.3 Å². The minimum absolute atomic E-state index is 0.204. The van der Waals surface area contributed by atoms with Crippen LogP contribution in [0.1, 0.15) is 19.7 Å². The topological polar surface area (TPSA) is 196 Å². The molecule has 0 saturated carbocycles. The number of hydrogen-bond donors (Lipinski definition) is 2. The minimum Gasteiger partial charge on any atom is -0.543 e. The zero-order valence-electron chi connectivity index (χ0n) is 20.3. The van der Waals surface area contributed by atoms with Gasteiger partial charge in [-0.25, -0.2) is 4.98 Å². The molecule has 0 aromatic carbocycles.